The van der Waals surface area contributed by atoms with E-state index in [-0.39, 0.29) is 46.4 Å². The lowest BCUT2D eigenvalue weighted by Gasteiger charge is -2.55. The number of rotatable bonds is 10. The van der Waals surface area contributed by atoms with Crippen molar-refractivity contribution in [2.45, 2.75) is 93.6 Å². The quantitative estimate of drug-likeness (QED) is 0.181. The van der Waals surface area contributed by atoms with E-state index in [1.165, 1.54) is 29.5 Å². The first-order valence-corrected chi connectivity index (χ1v) is 18.1. The number of alkyl halides is 3. The second kappa shape index (κ2) is 11.1. The van der Waals surface area contributed by atoms with Crippen LogP contribution in [0, 0.1) is 5.82 Å². The number of aromatic nitrogens is 2. The van der Waals surface area contributed by atoms with E-state index < -0.39 is 32.9 Å². The Hall–Kier alpha value is -3.76. The maximum atomic E-state index is 15.1. The molecular formula is C32H31F4N5O5S2. The maximum Gasteiger partial charge on any atom is 0.573 e. The molecule has 2 aromatic carbocycles. The Morgan fingerprint density at radius 2 is 1.88 bits per heavy atom. The number of carbonyl (C=O) groups is 1. The van der Waals surface area contributed by atoms with Gasteiger partial charge >= 0.3 is 6.36 Å². The minimum Gasteiger partial charge on any atom is -0.405 e. The molecule has 48 heavy (non-hydrogen) atoms. The summed E-state index contributed by atoms with van der Waals surface area (Å²) in [5, 5.41) is 8.41. The van der Waals surface area contributed by atoms with Gasteiger partial charge in [-0.25, -0.2) is 22.5 Å². The molecule has 9 rings (SSSR count). The fourth-order valence-corrected chi connectivity index (χ4v) is 9.22. The van der Waals surface area contributed by atoms with Crippen LogP contribution in [0.2, 0.25) is 0 Å². The van der Waals surface area contributed by atoms with Crippen LogP contribution in [0.3, 0.4) is 0 Å². The van der Waals surface area contributed by atoms with Crippen LogP contribution < -0.4 is 19.7 Å². The molecular weight excluding hydrogens is 675 g/mol. The summed E-state index contributed by atoms with van der Waals surface area (Å²) in [4.78, 5) is 19.5. The van der Waals surface area contributed by atoms with Gasteiger partial charge in [-0.1, -0.05) is 28.6 Å². The van der Waals surface area contributed by atoms with Crippen LogP contribution in [-0.2, 0) is 16.6 Å². The number of carbonyl (C=O) groups excluding carboxylic acids is 1. The molecule has 254 valence electrons. The van der Waals surface area contributed by atoms with E-state index in [0.717, 1.165) is 43.7 Å². The van der Waals surface area contributed by atoms with Crippen molar-refractivity contribution in [3.8, 4) is 17.0 Å². The monoisotopic (exact) mass is 705 g/mol. The van der Waals surface area contributed by atoms with Crippen molar-refractivity contribution in [1.82, 2.24) is 20.2 Å². The number of hydrogen-bond acceptors (Lipinski definition) is 10. The second-order valence-corrected chi connectivity index (χ2v) is 16.6. The van der Waals surface area contributed by atoms with Crippen molar-refractivity contribution in [3.63, 3.8) is 0 Å². The molecule has 3 saturated carbocycles. The standard InChI is InChI=1S/C32H31F4N5O5S2/c1-31(8-9-31)48(43,44)40-29(42)17-10-23(33)27-25(11-17)47-30(38-27)41-19-12-18(13-20(41)14-19)37-15-22-26(39-46-28(22)16-6-7-16)21-4-2-3-5-24(21)45-32(34,35)36/h2-5,10-11,16,18-20,37H,6-9,12-15H2,1H3,(H,40,42). The molecule has 2 saturated heterocycles. The number of benzene rings is 2. The van der Waals surface area contributed by atoms with Crippen LogP contribution in [-0.4, -0.2) is 53.7 Å². The number of anilines is 1. The Morgan fingerprint density at radius 1 is 1.15 bits per heavy atom. The molecule has 2 aliphatic heterocycles. The van der Waals surface area contributed by atoms with Crippen LogP contribution in [0.4, 0.5) is 22.7 Å². The number of thiazole rings is 1. The third-order valence-corrected chi connectivity index (χ3v) is 13.1. The molecule has 2 unspecified atom stereocenters. The molecule has 5 fully saturated rings. The first kappa shape index (κ1) is 31.5. The zero-order valence-electron chi connectivity index (χ0n) is 25.6. The molecule has 4 aromatic rings. The van der Waals surface area contributed by atoms with Crippen LogP contribution in [0.1, 0.15) is 79.5 Å². The fourth-order valence-electron chi connectivity index (χ4n) is 6.81. The minimum absolute atomic E-state index is 0.0812. The number of nitrogens with one attached hydrogen (secondary N) is 2. The number of para-hydroxylation sites is 1. The molecule has 10 nitrogen and oxygen atoms in total. The van der Waals surface area contributed by atoms with E-state index in [4.69, 9.17) is 4.52 Å². The number of ether oxygens (including phenoxy) is 1. The van der Waals surface area contributed by atoms with Crippen molar-refractivity contribution in [1.29, 1.82) is 0 Å². The molecule has 0 spiro atoms. The number of amides is 1. The SMILES string of the molecule is CC1(S(=O)(=O)NC(=O)c2cc(F)c3nc(N4C5CC(NCc6c(-c7ccccc7OC(F)(F)F)noc6C6CC6)CC4C5)sc3c2)CC1. The average molecular weight is 706 g/mol. The summed E-state index contributed by atoms with van der Waals surface area (Å²) in [5.41, 5.74) is 1.32. The van der Waals surface area contributed by atoms with Crippen LogP contribution >= 0.6 is 11.3 Å². The zero-order valence-corrected chi connectivity index (χ0v) is 27.3. The molecule has 16 heteroatoms. The highest BCUT2D eigenvalue weighted by Crippen LogP contribution is 2.47. The van der Waals surface area contributed by atoms with Crippen molar-refractivity contribution in [3.05, 3.63) is 59.1 Å². The number of sulfonamides is 1. The Morgan fingerprint density at radius 3 is 2.56 bits per heavy atom. The van der Waals surface area contributed by atoms with Crippen molar-refractivity contribution < 1.29 is 40.0 Å². The van der Waals surface area contributed by atoms with Gasteiger partial charge in [-0.3, -0.25) is 4.79 Å². The number of fused-ring (bicyclic) bond motifs is 3. The Kier molecular flexibility index (Phi) is 7.31. The van der Waals surface area contributed by atoms with Crippen LogP contribution in [0.25, 0.3) is 21.5 Å². The molecule has 2 bridgehead atoms. The Labute approximate surface area is 276 Å². The molecule has 2 aromatic heterocycles. The third kappa shape index (κ3) is 5.70. The largest absolute Gasteiger partial charge is 0.573 e. The summed E-state index contributed by atoms with van der Waals surface area (Å²) in [5.74, 6) is -1.03. The van der Waals surface area contributed by atoms with E-state index in [1.54, 1.807) is 19.1 Å². The number of nitrogens with zero attached hydrogens (tertiary/aromatic N) is 3. The van der Waals surface area contributed by atoms with E-state index in [1.807, 2.05) is 0 Å². The summed E-state index contributed by atoms with van der Waals surface area (Å²) in [7, 11) is -3.87. The van der Waals surface area contributed by atoms with Gasteiger partial charge in [0, 0.05) is 47.3 Å². The molecule has 2 N–H and O–H groups in total. The van der Waals surface area contributed by atoms with Gasteiger partial charge < -0.3 is 19.5 Å². The fraction of sp³-hybridized carbons (Fsp3) is 0.469. The van der Waals surface area contributed by atoms with Gasteiger partial charge in [-0.05, 0) is 76.1 Å². The molecule has 2 atom stereocenters. The van der Waals surface area contributed by atoms with Gasteiger partial charge in [0.05, 0.1) is 9.45 Å². The molecule has 0 radical (unpaired) electrons. The highest BCUT2D eigenvalue weighted by molar-refractivity contribution is 7.91. The van der Waals surface area contributed by atoms with Gasteiger partial charge in [0.1, 0.15) is 22.7 Å². The highest BCUT2D eigenvalue weighted by atomic mass is 32.2. The predicted octanol–water partition coefficient (Wildman–Crippen LogP) is 6.38. The summed E-state index contributed by atoms with van der Waals surface area (Å²) in [6.45, 7) is 1.93. The summed E-state index contributed by atoms with van der Waals surface area (Å²) < 4.78 is 91.2. The second-order valence-electron chi connectivity index (χ2n) is 13.4. The average Bonchev–Trinajstić information content (AvgIpc) is 3.93. The van der Waals surface area contributed by atoms with Crippen molar-refractivity contribution >= 4 is 42.6 Å². The lowest BCUT2D eigenvalue weighted by molar-refractivity contribution is -0.274. The highest BCUT2D eigenvalue weighted by Gasteiger charge is 2.51. The van der Waals surface area contributed by atoms with Crippen LogP contribution in [0.5, 0.6) is 5.75 Å². The van der Waals surface area contributed by atoms with Crippen molar-refractivity contribution in [2.24, 2.45) is 0 Å². The molecule has 3 aliphatic carbocycles. The maximum absolute atomic E-state index is 15.1. The number of halogens is 4. The normalized spacial score (nSPS) is 23.2. The van der Waals surface area contributed by atoms with E-state index in [9.17, 15) is 26.4 Å². The van der Waals surface area contributed by atoms with Gasteiger partial charge in [-0.2, -0.15) is 0 Å². The van der Waals surface area contributed by atoms with Gasteiger partial charge in [0.15, 0.2) is 10.9 Å². The van der Waals surface area contributed by atoms with Gasteiger partial charge in [0.25, 0.3) is 5.91 Å². The van der Waals surface area contributed by atoms with E-state index in [0.29, 0.717) is 40.7 Å². The Bertz CT molecular complexity index is 2030. The number of piperidine rings is 1. The van der Waals surface area contributed by atoms with E-state index >= 15 is 4.39 Å². The van der Waals surface area contributed by atoms with Gasteiger partial charge in [0.2, 0.25) is 10.0 Å². The van der Waals surface area contributed by atoms with Crippen LogP contribution in [0.15, 0.2) is 40.9 Å². The zero-order chi connectivity index (χ0) is 33.6. The summed E-state index contributed by atoms with van der Waals surface area (Å²) >= 11 is 1.26. The van der Waals surface area contributed by atoms with E-state index in [2.05, 4.69) is 29.8 Å². The predicted molar refractivity (Wildman–Crippen MR) is 169 cm³/mol. The lowest BCUT2D eigenvalue weighted by atomic mass is 9.77. The molecule has 5 aliphatic rings. The summed E-state index contributed by atoms with van der Waals surface area (Å²) in [6.07, 6.45) is 0.419. The Balaban J connectivity index is 0.965. The van der Waals surface area contributed by atoms with Gasteiger partial charge in [-0.15, -0.1) is 13.2 Å². The first-order valence-electron chi connectivity index (χ1n) is 15.8. The molecule has 1 amide bonds. The first-order chi connectivity index (χ1) is 22.8. The molecule has 4 heterocycles. The summed E-state index contributed by atoms with van der Waals surface area (Å²) in [6, 6.07) is 8.80. The third-order valence-electron chi connectivity index (χ3n) is 9.90. The van der Waals surface area contributed by atoms with Crippen molar-refractivity contribution in [2.75, 3.05) is 4.90 Å². The number of hydrogen-bond donors (Lipinski definition) is 2. The lowest BCUT2D eigenvalue weighted by Crippen LogP contribution is -2.64. The topological polar surface area (TPSA) is 127 Å². The smallest absolute Gasteiger partial charge is 0.405 e. The minimum atomic E-state index is -4.85.